The lowest BCUT2D eigenvalue weighted by Crippen LogP contribution is -2.66. The van der Waals surface area contributed by atoms with Crippen LogP contribution in [0.4, 0.5) is 4.39 Å². The summed E-state index contributed by atoms with van der Waals surface area (Å²) in [7, 11) is -3.94. The Bertz CT molecular complexity index is 865. The van der Waals surface area contributed by atoms with Crippen molar-refractivity contribution in [3.05, 3.63) is 72.6 Å². The molecule has 0 aliphatic heterocycles. The second-order valence-electron chi connectivity index (χ2n) is 10.1. The molecule has 6 heteroatoms. The Morgan fingerprint density at radius 3 is 1.88 bits per heavy atom. The van der Waals surface area contributed by atoms with Gasteiger partial charge in [-0.05, 0) is 55.6 Å². The van der Waals surface area contributed by atoms with E-state index in [2.05, 4.69) is 74.0 Å². The number of hydrogen-bond acceptors (Lipinski definition) is 2. The molecule has 0 aliphatic rings. The fraction of sp³-hybridized carbons (Fsp3) is 0.462. The Kier molecular flexibility index (Phi) is 9.17. The van der Waals surface area contributed by atoms with Crippen LogP contribution in [0.25, 0.3) is 0 Å². The van der Waals surface area contributed by atoms with Gasteiger partial charge in [0.15, 0.2) is 0 Å². The molecule has 2 rings (SSSR count). The molecule has 2 atom stereocenters. The summed E-state index contributed by atoms with van der Waals surface area (Å²) in [5.74, 6) is -0.311. The molecule has 1 unspecified atom stereocenters. The van der Waals surface area contributed by atoms with Crippen molar-refractivity contribution in [3.8, 4) is 0 Å². The summed E-state index contributed by atoms with van der Waals surface area (Å²) in [6, 6.07) is 20.2. The first-order chi connectivity index (χ1) is 14.9. The van der Waals surface area contributed by atoms with Crippen LogP contribution in [-0.4, -0.2) is 29.9 Å². The van der Waals surface area contributed by atoms with Gasteiger partial charge in [-0.15, -0.1) is 0 Å². The van der Waals surface area contributed by atoms with Gasteiger partial charge in [-0.3, -0.25) is 0 Å². The molecule has 0 bridgehead atoms. The fourth-order valence-corrected chi connectivity index (χ4v) is 9.11. The summed E-state index contributed by atoms with van der Waals surface area (Å²) in [5.41, 5.74) is 0. The van der Waals surface area contributed by atoms with Crippen LogP contribution in [0.1, 0.15) is 54.9 Å². The first-order valence-electron chi connectivity index (χ1n) is 11.2. The molecule has 0 aliphatic carbocycles. The van der Waals surface area contributed by atoms with E-state index in [0.717, 1.165) is 0 Å². The van der Waals surface area contributed by atoms with Gasteiger partial charge < -0.3 is 4.43 Å². The summed E-state index contributed by atoms with van der Waals surface area (Å²) in [4.78, 5) is 0. The topological polar surface area (TPSA) is 38.3 Å². The average molecular weight is 476 g/mol. The zero-order valence-electron chi connectivity index (χ0n) is 20.4. The molecule has 1 N–H and O–H groups in total. The van der Waals surface area contributed by atoms with Gasteiger partial charge in [-0.25, -0.2) is 13.3 Å². The third kappa shape index (κ3) is 6.47. The summed E-state index contributed by atoms with van der Waals surface area (Å²) >= 11 is 0. The standard InChI is InChI=1S/C26H38FNO2SSi/c1-21(28-31(29)25(2,3)4)24(27)19-14-20-30-32(26(5,6)7,22-15-10-8-11-16-22)23-17-12-9-13-18-23/h8-13,15-19,21,28H,14,20H2,1-7H3/b24-19-/t21-,31?/m1/s1. The number of rotatable bonds is 9. The predicted molar refractivity (Wildman–Crippen MR) is 138 cm³/mol. The summed E-state index contributed by atoms with van der Waals surface area (Å²) in [5, 5.41) is 2.30. The van der Waals surface area contributed by atoms with Crippen molar-refractivity contribution in [2.24, 2.45) is 0 Å². The third-order valence-electron chi connectivity index (χ3n) is 5.45. The quantitative estimate of drug-likeness (QED) is 0.397. The van der Waals surface area contributed by atoms with E-state index in [1.165, 1.54) is 10.4 Å². The molecule has 0 aromatic heterocycles. The highest BCUT2D eigenvalue weighted by molar-refractivity contribution is 7.84. The monoisotopic (exact) mass is 475 g/mol. The Morgan fingerprint density at radius 2 is 1.47 bits per heavy atom. The van der Waals surface area contributed by atoms with Crippen LogP contribution >= 0.6 is 0 Å². The zero-order chi connectivity index (χ0) is 24.0. The Hall–Kier alpha value is -1.60. The van der Waals surface area contributed by atoms with Crippen molar-refractivity contribution in [1.82, 2.24) is 4.72 Å². The molecule has 2 aromatic rings. The molecule has 0 fully saturated rings. The van der Waals surface area contributed by atoms with Crippen molar-refractivity contribution in [1.29, 1.82) is 0 Å². The van der Waals surface area contributed by atoms with Gasteiger partial charge in [0, 0.05) is 6.61 Å². The van der Waals surface area contributed by atoms with Crippen molar-refractivity contribution in [2.75, 3.05) is 6.61 Å². The number of benzene rings is 2. The molecular weight excluding hydrogens is 437 g/mol. The van der Waals surface area contributed by atoms with E-state index in [1.54, 1.807) is 13.0 Å². The van der Waals surface area contributed by atoms with Crippen molar-refractivity contribution in [3.63, 3.8) is 0 Å². The molecule has 32 heavy (non-hydrogen) atoms. The van der Waals surface area contributed by atoms with E-state index in [-0.39, 0.29) is 10.9 Å². The maximum absolute atomic E-state index is 14.7. The van der Waals surface area contributed by atoms with Crippen molar-refractivity contribution >= 4 is 29.7 Å². The van der Waals surface area contributed by atoms with Crippen LogP contribution in [0.3, 0.4) is 0 Å². The Labute approximate surface area is 197 Å². The van der Waals surface area contributed by atoms with E-state index in [1.807, 2.05) is 32.9 Å². The van der Waals surface area contributed by atoms with Gasteiger partial charge in [-0.1, -0.05) is 81.4 Å². The normalized spacial score (nSPS) is 15.4. The second kappa shape index (κ2) is 11.0. The average Bonchev–Trinajstić information content (AvgIpc) is 2.73. The van der Waals surface area contributed by atoms with Gasteiger partial charge in [0.1, 0.15) is 5.83 Å². The van der Waals surface area contributed by atoms with Crippen LogP contribution in [0.5, 0.6) is 0 Å². The van der Waals surface area contributed by atoms with E-state index in [0.29, 0.717) is 13.0 Å². The second-order valence-corrected chi connectivity index (χ2v) is 16.4. The summed E-state index contributed by atoms with van der Waals surface area (Å²) < 4.78 is 36.1. The summed E-state index contributed by atoms with van der Waals surface area (Å²) in [6.45, 7) is 14.4. The first-order valence-corrected chi connectivity index (χ1v) is 14.2. The van der Waals surface area contributed by atoms with Gasteiger partial charge in [-0.2, -0.15) is 0 Å². The lowest BCUT2D eigenvalue weighted by Gasteiger charge is -2.43. The number of halogens is 1. The molecule has 0 amide bonds. The van der Waals surface area contributed by atoms with Crippen LogP contribution in [0.15, 0.2) is 72.6 Å². The lowest BCUT2D eigenvalue weighted by molar-refractivity contribution is 0.303. The number of nitrogens with one attached hydrogen (secondary N) is 1. The van der Waals surface area contributed by atoms with Gasteiger partial charge in [0.25, 0.3) is 8.32 Å². The van der Waals surface area contributed by atoms with Gasteiger partial charge in [0.05, 0.1) is 21.8 Å². The van der Waals surface area contributed by atoms with Crippen molar-refractivity contribution < 1.29 is 13.0 Å². The molecule has 2 aromatic carbocycles. The molecule has 0 radical (unpaired) electrons. The predicted octanol–water partition coefficient (Wildman–Crippen LogP) is 5.25. The molecule has 0 spiro atoms. The molecule has 0 saturated heterocycles. The Balaban J connectivity index is 2.23. The minimum absolute atomic E-state index is 0.115. The SMILES string of the molecule is C[C@@H](NS(=O)C(C)(C)C)/C(F)=C/CCO[Si](c1ccccc1)(c1ccccc1)C(C)(C)C. The lowest BCUT2D eigenvalue weighted by atomic mass is 10.2. The number of hydrogen-bond donors (Lipinski definition) is 1. The molecular formula is C26H38FNO2SSi. The van der Waals surface area contributed by atoms with Gasteiger partial charge in [0.2, 0.25) is 0 Å². The minimum Gasteiger partial charge on any atom is -0.407 e. The van der Waals surface area contributed by atoms with Crippen LogP contribution in [0.2, 0.25) is 5.04 Å². The van der Waals surface area contributed by atoms with Crippen LogP contribution in [-0.2, 0) is 15.4 Å². The molecule has 3 nitrogen and oxygen atoms in total. The fourth-order valence-electron chi connectivity index (χ4n) is 3.74. The zero-order valence-corrected chi connectivity index (χ0v) is 22.3. The van der Waals surface area contributed by atoms with E-state index in [9.17, 15) is 8.60 Å². The molecule has 0 saturated carbocycles. The third-order valence-corrected chi connectivity index (χ3v) is 12.2. The molecule has 0 heterocycles. The highest BCUT2D eigenvalue weighted by atomic mass is 32.2. The summed E-state index contributed by atoms with van der Waals surface area (Å²) in [6.07, 6.45) is 2.00. The smallest absolute Gasteiger partial charge is 0.261 e. The van der Waals surface area contributed by atoms with Crippen LogP contribution in [0, 0.1) is 0 Å². The van der Waals surface area contributed by atoms with E-state index in [4.69, 9.17) is 4.43 Å². The van der Waals surface area contributed by atoms with Crippen LogP contribution < -0.4 is 15.1 Å². The van der Waals surface area contributed by atoms with E-state index >= 15 is 0 Å². The van der Waals surface area contributed by atoms with Crippen molar-refractivity contribution in [2.45, 2.75) is 70.7 Å². The largest absolute Gasteiger partial charge is 0.407 e. The minimum atomic E-state index is -2.62. The van der Waals surface area contributed by atoms with E-state index < -0.39 is 30.1 Å². The highest BCUT2D eigenvalue weighted by Crippen LogP contribution is 2.36. The Morgan fingerprint density at radius 1 is 1.00 bits per heavy atom. The maximum atomic E-state index is 14.7. The molecule has 176 valence electrons. The maximum Gasteiger partial charge on any atom is 0.261 e. The first kappa shape index (κ1) is 26.6. The van der Waals surface area contributed by atoms with Gasteiger partial charge >= 0.3 is 0 Å². The highest BCUT2D eigenvalue weighted by Gasteiger charge is 2.49.